The van der Waals surface area contributed by atoms with E-state index in [9.17, 15) is 19.7 Å². The minimum absolute atomic E-state index is 0.154. The van der Waals surface area contributed by atoms with E-state index in [-0.39, 0.29) is 11.3 Å². The number of imide groups is 1. The van der Waals surface area contributed by atoms with Crippen LogP contribution in [-0.4, -0.2) is 16.7 Å². The summed E-state index contributed by atoms with van der Waals surface area (Å²) in [5.74, 6) is -0.992. The quantitative estimate of drug-likeness (QED) is 0.169. The largest absolute Gasteiger partial charge is 0.278 e. The van der Waals surface area contributed by atoms with Crippen molar-refractivity contribution < 1.29 is 14.5 Å². The van der Waals surface area contributed by atoms with Crippen molar-refractivity contribution in [3.8, 4) is 11.1 Å². The molecule has 0 spiro atoms. The second-order valence-electron chi connectivity index (χ2n) is 8.19. The summed E-state index contributed by atoms with van der Waals surface area (Å²) < 4.78 is 0.856. The number of carbonyl (C=O) groups excluding carboxylic acids is 2. The number of halogens is 1. The van der Waals surface area contributed by atoms with E-state index in [0.717, 1.165) is 20.5 Å². The molecule has 1 aliphatic rings. The zero-order chi connectivity index (χ0) is 24.1. The first kappa shape index (κ1) is 22.0. The fourth-order valence-electron chi connectivity index (χ4n) is 4.73. The molecule has 34 heavy (non-hydrogen) atoms. The molecule has 0 aromatic heterocycles. The number of rotatable bonds is 4. The number of hydrogen-bond acceptors (Lipinski definition) is 4. The van der Waals surface area contributed by atoms with Crippen LogP contribution in [0, 0.1) is 17.0 Å². The van der Waals surface area contributed by atoms with E-state index < -0.39 is 16.7 Å². The molecule has 0 fully saturated rings. The Hall–Kier alpha value is -3.84. The maximum atomic E-state index is 13.7. The van der Waals surface area contributed by atoms with Crippen LogP contribution in [0.3, 0.4) is 0 Å². The Morgan fingerprint density at radius 3 is 2.35 bits per heavy atom. The Morgan fingerprint density at radius 2 is 1.65 bits per heavy atom. The lowest BCUT2D eigenvalue weighted by Crippen LogP contribution is -2.41. The first-order chi connectivity index (χ1) is 16.3. The van der Waals surface area contributed by atoms with E-state index in [1.54, 1.807) is 30.3 Å². The third-order valence-electron chi connectivity index (χ3n) is 6.28. The molecule has 168 valence electrons. The smallest absolute Gasteiger partial charge is 0.268 e. The summed E-state index contributed by atoms with van der Waals surface area (Å²) in [6.45, 7) is 3.82. The number of nitrogens with zero attached hydrogens (tertiary/aromatic N) is 2. The van der Waals surface area contributed by atoms with Crippen LogP contribution in [0.2, 0.25) is 0 Å². The molecule has 7 heteroatoms. The van der Waals surface area contributed by atoms with E-state index in [0.29, 0.717) is 39.6 Å². The van der Waals surface area contributed by atoms with Gasteiger partial charge in [-0.1, -0.05) is 59.3 Å². The van der Waals surface area contributed by atoms with Crippen LogP contribution in [-0.2, 0) is 6.42 Å². The molecule has 6 nitrogen and oxygen atoms in total. The van der Waals surface area contributed by atoms with E-state index in [2.05, 4.69) is 15.9 Å². The van der Waals surface area contributed by atoms with Crippen LogP contribution in [0.4, 0.5) is 11.4 Å². The summed E-state index contributed by atoms with van der Waals surface area (Å²) in [5.41, 5.74) is 3.59. The fraction of sp³-hybridized carbons (Fsp3) is 0.111. The zero-order valence-corrected chi connectivity index (χ0v) is 20.0. The number of nitro groups is 1. The van der Waals surface area contributed by atoms with Gasteiger partial charge in [0, 0.05) is 21.5 Å². The molecule has 0 atom stereocenters. The van der Waals surface area contributed by atoms with Crippen molar-refractivity contribution in [2.75, 3.05) is 4.90 Å². The lowest BCUT2D eigenvalue weighted by atomic mass is 9.86. The van der Waals surface area contributed by atoms with Gasteiger partial charge in [0.2, 0.25) is 0 Å². The maximum absolute atomic E-state index is 13.7. The number of amides is 2. The van der Waals surface area contributed by atoms with Crippen molar-refractivity contribution in [3.05, 3.63) is 104 Å². The predicted octanol–water partition coefficient (Wildman–Crippen LogP) is 6.85. The van der Waals surface area contributed by atoms with Crippen molar-refractivity contribution >= 4 is 49.9 Å². The van der Waals surface area contributed by atoms with Gasteiger partial charge in [0.25, 0.3) is 17.5 Å². The highest BCUT2D eigenvalue weighted by molar-refractivity contribution is 9.10. The normalized spacial score (nSPS) is 13.0. The van der Waals surface area contributed by atoms with Crippen molar-refractivity contribution in [1.29, 1.82) is 0 Å². The van der Waals surface area contributed by atoms with E-state index in [1.165, 1.54) is 6.07 Å². The predicted molar refractivity (Wildman–Crippen MR) is 135 cm³/mol. The molecule has 0 aliphatic carbocycles. The van der Waals surface area contributed by atoms with Crippen LogP contribution in [0.1, 0.15) is 38.8 Å². The molecule has 4 aromatic rings. The molecule has 4 aromatic carbocycles. The van der Waals surface area contributed by atoms with Crippen LogP contribution < -0.4 is 4.90 Å². The third kappa shape index (κ3) is 3.23. The molecular weight excluding hydrogens is 496 g/mol. The number of para-hydroxylation sites is 1. The molecule has 5 rings (SSSR count). The SMILES string of the molecule is CCc1ccccc1N1C(=O)c2cccc3c(-c4ccc(Br)cc4C)c([N+](=O)[O-])cc(c23)C1=O. The summed E-state index contributed by atoms with van der Waals surface area (Å²) in [6, 6.07) is 19.2. The summed E-state index contributed by atoms with van der Waals surface area (Å²) >= 11 is 3.44. The Kier molecular flexibility index (Phi) is 5.29. The van der Waals surface area contributed by atoms with Gasteiger partial charge in [-0.05, 0) is 59.7 Å². The van der Waals surface area contributed by atoms with Crippen molar-refractivity contribution in [2.24, 2.45) is 0 Å². The Morgan fingerprint density at radius 1 is 0.912 bits per heavy atom. The van der Waals surface area contributed by atoms with Crippen LogP contribution in [0.25, 0.3) is 21.9 Å². The number of benzene rings is 4. The molecule has 0 radical (unpaired) electrons. The van der Waals surface area contributed by atoms with Gasteiger partial charge in [-0.3, -0.25) is 19.7 Å². The minimum atomic E-state index is -0.559. The second kappa shape index (κ2) is 8.18. The number of aryl methyl sites for hydroxylation is 2. The van der Waals surface area contributed by atoms with E-state index >= 15 is 0 Å². The summed E-state index contributed by atoms with van der Waals surface area (Å²) in [5, 5.41) is 13.2. The highest BCUT2D eigenvalue weighted by atomic mass is 79.9. The minimum Gasteiger partial charge on any atom is -0.268 e. The Labute approximate surface area is 204 Å². The van der Waals surface area contributed by atoms with Crippen LogP contribution in [0.5, 0.6) is 0 Å². The lowest BCUT2D eigenvalue weighted by Gasteiger charge is -2.29. The number of carbonyl (C=O) groups is 2. The number of hydrogen-bond donors (Lipinski definition) is 0. The van der Waals surface area contributed by atoms with Gasteiger partial charge in [-0.25, -0.2) is 4.90 Å². The summed E-state index contributed by atoms with van der Waals surface area (Å²) in [6.07, 6.45) is 0.631. The van der Waals surface area contributed by atoms with Gasteiger partial charge in [0.15, 0.2) is 0 Å². The van der Waals surface area contributed by atoms with Gasteiger partial charge in [-0.15, -0.1) is 0 Å². The van der Waals surface area contributed by atoms with Gasteiger partial charge in [0.05, 0.1) is 21.7 Å². The van der Waals surface area contributed by atoms with Gasteiger partial charge in [0.1, 0.15) is 0 Å². The molecule has 2 amide bonds. The van der Waals surface area contributed by atoms with Gasteiger partial charge in [-0.2, -0.15) is 0 Å². The highest BCUT2D eigenvalue weighted by Crippen LogP contribution is 2.44. The Balaban J connectivity index is 1.85. The maximum Gasteiger partial charge on any atom is 0.278 e. The van der Waals surface area contributed by atoms with Crippen molar-refractivity contribution in [2.45, 2.75) is 20.3 Å². The molecule has 1 aliphatic heterocycles. The molecule has 0 unspecified atom stereocenters. The van der Waals surface area contributed by atoms with E-state index in [1.807, 2.05) is 44.2 Å². The molecule has 0 bridgehead atoms. The monoisotopic (exact) mass is 514 g/mol. The van der Waals surface area contributed by atoms with Crippen LogP contribution in [0.15, 0.2) is 71.2 Å². The first-order valence-electron chi connectivity index (χ1n) is 10.8. The van der Waals surface area contributed by atoms with Crippen LogP contribution >= 0.6 is 15.9 Å². The van der Waals surface area contributed by atoms with Gasteiger partial charge >= 0.3 is 0 Å². The summed E-state index contributed by atoms with van der Waals surface area (Å²) in [4.78, 5) is 40.2. The zero-order valence-electron chi connectivity index (χ0n) is 18.5. The van der Waals surface area contributed by atoms with E-state index in [4.69, 9.17) is 0 Å². The molecule has 1 heterocycles. The summed E-state index contributed by atoms with van der Waals surface area (Å²) in [7, 11) is 0. The highest BCUT2D eigenvalue weighted by Gasteiger charge is 2.38. The molecular formula is C27H19BrN2O4. The Bertz CT molecular complexity index is 1540. The number of nitro benzene ring substituents is 1. The average molecular weight is 515 g/mol. The molecule has 0 N–H and O–H groups in total. The topological polar surface area (TPSA) is 80.5 Å². The standard InChI is InChI=1S/C27H19BrN2O4/c1-3-16-7-4-5-10-22(16)29-26(31)20-9-6-8-19-24(20)21(27(29)32)14-23(30(33)34)25(19)18-12-11-17(28)13-15(18)2/h4-14H,3H2,1-2H3. The second-order valence-corrected chi connectivity index (χ2v) is 9.11. The lowest BCUT2D eigenvalue weighted by molar-refractivity contribution is -0.384. The number of anilines is 1. The molecule has 0 saturated carbocycles. The fourth-order valence-corrected chi connectivity index (χ4v) is 5.21. The first-order valence-corrected chi connectivity index (χ1v) is 11.6. The van der Waals surface area contributed by atoms with Crippen molar-refractivity contribution in [1.82, 2.24) is 0 Å². The van der Waals surface area contributed by atoms with Gasteiger partial charge < -0.3 is 0 Å². The molecule has 0 saturated heterocycles. The van der Waals surface area contributed by atoms with Crippen molar-refractivity contribution in [3.63, 3.8) is 0 Å². The average Bonchev–Trinajstić information content (AvgIpc) is 2.82. The third-order valence-corrected chi connectivity index (χ3v) is 6.77.